The van der Waals surface area contributed by atoms with Crippen molar-refractivity contribution in [3.8, 4) is 5.75 Å². The minimum Gasteiger partial charge on any atom is -0.481 e. The van der Waals surface area contributed by atoms with Crippen molar-refractivity contribution in [3.63, 3.8) is 0 Å². The first-order valence-electron chi connectivity index (χ1n) is 9.41. The van der Waals surface area contributed by atoms with Crippen LogP contribution in [-0.2, 0) is 14.4 Å². The van der Waals surface area contributed by atoms with E-state index in [2.05, 4.69) is 16.2 Å². The third kappa shape index (κ3) is 6.64. The Morgan fingerprint density at radius 2 is 1.66 bits per heavy atom. The van der Waals surface area contributed by atoms with Gasteiger partial charge in [-0.1, -0.05) is 42.5 Å². The summed E-state index contributed by atoms with van der Waals surface area (Å²) in [5, 5.41) is 2.74. The predicted molar refractivity (Wildman–Crippen MR) is 110 cm³/mol. The third-order valence-corrected chi connectivity index (χ3v) is 4.52. The molecule has 0 bridgehead atoms. The van der Waals surface area contributed by atoms with Crippen LogP contribution in [-0.4, -0.2) is 23.8 Å². The van der Waals surface area contributed by atoms with Crippen molar-refractivity contribution in [2.75, 3.05) is 0 Å². The number of hydrogen-bond donors (Lipinski definition) is 3. The summed E-state index contributed by atoms with van der Waals surface area (Å²) in [7, 11) is 0. The van der Waals surface area contributed by atoms with Crippen molar-refractivity contribution in [3.05, 3.63) is 65.2 Å². The van der Waals surface area contributed by atoms with Crippen LogP contribution >= 0.6 is 0 Å². The van der Waals surface area contributed by atoms with Gasteiger partial charge in [0.15, 0.2) is 6.10 Å². The average molecular weight is 397 g/mol. The summed E-state index contributed by atoms with van der Waals surface area (Å²) in [6.45, 7) is 6.88. The lowest BCUT2D eigenvalue weighted by Crippen LogP contribution is -2.48. The summed E-state index contributed by atoms with van der Waals surface area (Å²) >= 11 is 0. The zero-order chi connectivity index (χ0) is 21.4. The fourth-order valence-electron chi connectivity index (χ4n) is 2.75. The molecule has 2 atom stereocenters. The van der Waals surface area contributed by atoms with E-state index < -0.39 is 24.0 Å². The van der Waals surface area contributed by atoms with Gasteiger partial charge in [0.25, 0.3) is 5.91 Å². The van der Waals surface area contributed by atoms with E-state index in [0.717, 1.165) is 16.7 Å². The standard InChI is InChI=1S/C22H27N3O4/c1-14-9-8-12-20(15(14)2)29-16(3)22(28)25-24-21(27)13-19(23-17(4)26)18-10-6-5-7-11-18/h5-12,16,19H,13H2,1-4H3,(H,23,26)(H,24,27)(H,25,28)/t16-,19-/m1/s1. The zero-order valence-corrected chi connectivity index (χ0v) is 17.1. The maximum Gasteiger partial charge on any atom is 0.279 e. The number of rotatable bonds is 7. The first kappa shape index (κ1) is 21.9. The Labute approximate surface area is 170 Å². The minimum atomic E-state index is -0.795. The lowest BCUT2D eigenvalue weighted by molar-refractivity contribution is -0.133. The second-order valence-electron chi connectivity index (χ2n) is 6.86. The Bertz CT molecular complexity index is 868. The van der Waals surface area contributed by atoms with Crippen molar-refractivity contribution < 1.29 is 19.1 Å². The van der Waals surface area contributed by atoms with Gasteiger partial charge in [0.1, 0.15) is 5.75 Å². The largest absolute Gasteiger partial charge is 0.481 e. The lowest BCUT2D eigenvalue weighted by Gasteiger charge is -2.19. The van der Waals surface area contributed by atoms with Gasteiger partial charge in [-0.2, -0.15) is 0 Å². The third-order valence-electron chi connectivity index (χ3n) is 4.52. The van der Waals surface area contributed by atoms with E-state index in [1.807, 2.05) is 56.3 Å². The molecule has 0 radical (unpaired) electrons. The number of ether oxygens (including phenoxy) is 1. The highest BCUT2D eigenvalue weighted by Gasteiger charge is 2.20. The van der Waals surface area contributed by atoms with Gasteiger partial charge in [-0.25, -0.2) is 0 Å². The number of aryl methyl sites for hydroxylation is 1. The minimum absolute atomic E-state index is 0.0178. The quantitative estimate of drug-likeness (QED) is 0.626. The number of amides is 3. The van der Waals surface area contributed by atoms with Crippen LogP contribution in [0.25, 0.3) is 0 Å². The molecule has 3 N–H and O–H groups in total. The summed E-state index contributed by atoms with van der Waals surface area (Å²) < 4.78 is 5.70. The Hall–Kier alpha value is -3.35. The van der Waals surface area contributed by atoms with E-state index in [1.165, 1.54) is 6.92 Å². The van der Waals surface area contributed by atoms with Gasteiger partial charge < -0.3 is 10.1 Å². The van der Waals surface area contributed by atoms with Crippen LogP contribution in [0.2, 0.25) is 0 Å². The van der Waals surface area contributed by atoms with Gasteiger partial charge >= 0.3 is 0 Å². The SMILES string of the molecule is CC(=O)N[C@H](CC(=O)NNC(=O)[C@@H](C)Oc1cccc(C)c1C)c1ccccc1. The summed E-state index contributed by atoms with van der Waals surface area (Å²) in [5.74, 6) is -0.532. The summed E-state index contributed by atoms with van der Waals surface area (Å²) in [4.78, 5) is 36.0. The van der Waals surface area contributed by atoms with E-state index in [0.29, 0.717) is 5.75 Å². The zero-order valence-electron chi connectivity index (χ0n) is 17.1. The topological polar surface area (TPSA) is 96.5 Å². The summed E-state index contributed by atoms with van der Waals surface area (Å²) in [6.07, 6.45) is -0.813. The Morgan fingerprint density at radius 3 is 2.31 bits per heavy atom. The monoisotopic (exact) mass is 397 g/mol. The molecule has 7 heteroatoms. The summed E-state index contributed by atoms with van der Waals surface area (Å²) in [6, 6.07) is 14.3. The molecule has 29 heavy (non-hydrogen) atoms. The average Bonchev–Trinajstić information content (AvgIpc) is 2.69. The molecule has 0 saturated heterocycles. The van der Waals surface area contributed by atoms with Gasteiger partial charge in [0, 0.05) is 6.92 Å². The van der Waals surface area contributed by atoms with Crippen molar-refractivity contribution in [2.24, 2.45) is 0 Å². The van der Waals surface area contributed by atoms with Gasteiger partial charge in [-0.15, -0.1) is 0 Å². The number of hydrogen-bond acceptors (Lipinski definition) is 4. The first-order chi connectivity index (χ1) is 13.8. The smallest absolute Gasteiger partial charge is 0.279 e. The van der Waals surface area contributed by atoms with Gasteiger partial charge in [-0.3, -0.25) is 25.2 Å². The molecule has 0 unspecified atom stereocenters. The van der Waals surface area contributed by atoms with Gasteiger partial charge in [0.05, 0.1) is 12.5 Å². The lowest BCUT2D eigenvalue weighted by atomic mass is 10.0. The molecule has 0 fully saturated rings. The van der Waals surface area contributed by atoms with Crippen LogP contribution in [0.1, 0.15) is 43.0 Å². The van der Waals surface area contributed by atoms with Crippen LogP contribution in [0.4, 0.5) is 0 Å². The molecule has 0 aliphatic rings. The number of benzene rings is 2. The van der Waals surface area contributed by atoms with Gasteiger partial charge in [-0.05, 0) is 43.5 Å². The molecule has 0 heterocycles. The maximum absolute atomic E-state index is 12.3. The Kier molecular flexibility index (Phi) is 7.77. The maximum atomic E-state index is 12.3. The molecule has 0 aliphatic heterocycles. The molecule has 2 aromatic rings. The van der Waals surface area contributed by atoms with E-state index >= 15 is 0 Å². The van der Waals surface area contributed by atoms with Crippen molar-refractivity contribution in [1.29, 1.82) is 0 Å². The second kappa shape index (κ2) is 10.3. The predicted octanol–water partition coefficient (Wildman–Crippen LogP) is 2.49. The first-order valence-corrected chi connectivity index (χ1v) is 9.41. The highest BCUT2D eigenvalue weighted by molar-refractivity contribution is 5.85. The molecule has 3 amide bonds. The van der Waals surface area contributed by atoms with Crippen LogP contribution in [0.5, 0.6) is 5.75 Å². The van der Waals surface area contributed by atoms with Crippen LogP contribution < -0.4 is 20.9 Å². The highest BCUT2D eigenvalue weighted by Crippen LogP contribution is 2.21. The number of nitrogens with one attached hydrogen (secondary N) is 3. The Balaban J connectivity index is 1.90. The van der Waals surface area contributed by atoms with Crippen molar-refractivity contribution in [2.45, 2.75) is 46.3 Å². The number of hydrazine groups is 1. The Morgan fingerprint density at radius 1 is 0.966 bits per heavy atom. The van der Waals surface area contributed by atoms with Gasteiger partial charge in [0.2, 0.25) is 11.8 Å². The molecular formula is C22H27N3O4. The van der Waals surface area contributed by atoms with E-state index in [1.54, 1.807) is 13.0 Å². The molecule has 154 valence electrons. The highest BCUT2D eigenvalue weighted by atomic mass is 16.5. The van der Waals surface area contributed by atoms with Crippen LogP contribution in [0.15, 0.2) is 48.5 Å². The number of carbonyl (C=O) groups is 3. The normalized spacial score (nSPS) is 12.4. The molecule has 2 aromatic carbocycles. The molecule has 2 rings (SSSR count). The number of carbonyl (C=O) groups excluding carboxylic acids is 3. The second-order valence-corrected chi connectivity index (χ2v) is 6.86. The van der Waals surface area contributed by atoms with E-state index in [4.69, 9.17) is 4.74 Å². The molecule has 0 aliphatic carbocycles. The summed E-state index contributed by atoms with van der Waals surface area (Å²) in [5.41, 5.74) is 7.57. The van der Waals surface area contributed by atoms with Crippen molar-refractivity contribution in [1.82, 2.24) is 16.2 Å². The fourth-order valence-corrected chi connectivity index (χ4v) is 2.75. The van der Waals surface area contributed by atoms with Crippen molar-refractivity contribution >= 4 is 17.7 Å². The molecule has 0 aromatic heterocycles. The molecular weight excluding hydrogens is 370 g/mol. The van der Waals surface area contributed by atoms with Crippen LogP contribution in [0.3, 0.4) is 0 Å². The fraction of sp³-hybridized carbons (Fsp3) is 0.318. The molecule has 0 spiro atoms. The van der Waals surface area contributed by atoms with E-state index in [-0.39, 0.29) is 12.3 Å². The molecule has 7 nitrogen and oxygen atoms in total. The van der Waals surface area contributed by atoms with E-state index in [9.17, 15) is 14.4 Å². The molecule has 0 saturated carbocycles. The van der Waals surface area contributed by atoms with Crippen LogP contribution in [0, 0.1) is 13.8 Å².